The second-order valence-corrected chi connectivity index (χ2v) is 6.86. The molecule has 0 unspecified atom stereocenters. The van der Waals surface area contributed by atoms with Crippen LogP contribution in [-0.2, 0) is 0 Å². The van der Waals surface area contributed by atoms with Crippen LogP contribution in [0, 0.1) is 5.92 Å². The highest BCUT2D eigenvalue weighted by molar-refractivity contribution is 6.09. The van der Waals surface area contributed by atoms with E-state index in [1.54, 1.807) is 54.1 Å². The summed E-state index contributed by atoms with van der Waals surface area (Å²) in [5.41, 5.74) is 1.12. The molecule has 0 bridgehead atoms. The number of methoxy groups -OCH3 is 2. The normalized spacial score (nSPS) is 10.8. The van der Waals surface area contributed by atoms with Crippen LogP contribution in [0.2, 0.25) is 0 Å². The van der Waals surface area contributed by atoms with Gasteiger partial charge in [-0.15, -0.1) is 0 Å². The molecule has 0 spiro atoms. The Labute approximate surface area is 168 Å². The number of hydrogen-bond acceptors (Lipinski definition) is 5. The van der Waals surface area contributed by atoms with Crippen LogP contribution < -0.4 is 20.1 Å². The van der Waals surface area contributed by atoms with Gasteiger partial charge in [0.2, 0.25) is 5.82 Å². The molecule has 2 aromatic heterocycles. The molecule has 0 saturated heterocycles. The van der Waals surface area contributed by atoms with Crippen molar-refractivity contribution < 1.29 is 19.1 Å². The van der Waals surface area contributed by atoms with Crippen LogP contribution in [-0.4, -0.2) is 42.0 Å². The monoisotopic (exact) mass is 396 g/mol. The number of anilines is 1. The van der Waals surface area contributed by atoms with Gasteiger partial charge in [-0.1, -0.05) is 19.9 Å². The molecule has 0 aliphatic rings. The lowest BCUT2D eigenvalue weighted by atomic mass is 10.2. The number of carbonyl (C=O) groups excluding carboxylic acids is 2. The predicted octanol–water partition coefficient (Wildman–Crippen LogP) is 2.99. The topological polar surface area (TPSA) is 94.0 Å². The largest absolute Gasteiger partial charge is 0.497 e. The minimum Gasteiger partial charge on any atom is -0.497 e. The van der Waals surface area contributed by atoms with Gasteiger partial charge in [0.05, 0.1) is 25.4 Å². The SMILES string of the molecule is COc1ccc(OC)c(NC(=O)c2nc(C(=O)NCC(C)C)n3ccccc23)c1. The number of fused-ring (bicyclic) bond motifs is 1. The van der Waals surface area contributed by atoms with Crippen molar-refractivity contribution >= 4 is 23.0 Å². The van der Waals surface area contributed by atoms with E-state index in [4.69, 9.17) is 9.47 Å². The second kappa shape index (κ2) is 8.64. The first kappa shape index (κ1) is 20.2. The van der Waals surface area contributed by atoms with Crippen molar-refractivity contribution in [3.8, 4) is 11.5 Å². The molecule has 0 aliphatic heterocycles. The zero-order chi connectivity index (χ0) is 21.0. The fourth-order valence-electron chi connectivity index (χ4n) is 2.83. The van der Waals surface area contributed by atoms with Crippen molar-refractivity contribution in [3.63, 3.8) is 0 Å². The van der Waals surface area contributed by atoms with E-state index in [-0.39, 0.29) is 17.4 Å². The van der Waals surface area contributed by atoms with Gasteiger partial charge in [-0.25, -0.2) is 4.98 Å². The van der Waals surface area contributed by atoms with Gasteiger partial charge >= 0.3 is 0 Å². The van der Waals surface area contributed by atoms with Crippen LogP contribution in [0.25, 0.3) is 5.52 Å². The second-order valence-electron chi connectivity index (χ2n) is 6.86. The van der Waals surface area contributed by atoms with Crippen molar-refractivity contribution in [3.05, 3.63) is 54.1 Å². The Hall–Kier alpha value is -3.55. The van der Waals surface area contributed by atoms with Crippen molar-refractivity contribution in [2.45, 2.75) is 13.8 Å². The first-order chi connectivity index (χ1) is 13.9. The Morgan fingerprint density at radius 3 is 2.59 bits per heavy atom. The van der Waals surface area contributed by atoms with Gasteiger partial charge in [-0.3, -0.25) is 14.0 Å². The van der Waals surface area contributed by atoms with Gasteiger partial charge in [0.15, 0.2) is 5.69 Å². The number of carbonyl (C=O) groups is 2. The Balaban J connectivity index is 1.96. The van der Waals surface area contributed by atoms with Crippen molar-refractivity contribution in [1.29, 1.82) is 0 Å². The number of pyridine rings is 1. The minimum atomic E-state index is -0.455. The van der Waals surface area contributed by atoms with Crippen molar-refractivity contribution in [2.75, 3.05) is 26.1 Å². The standard InChI is InChI=1S/C21H24N4O4/c1-13(2)12-22-21(27)19-24-18(16-7-5-6-10-25(16)19)20(26)23-15-11-14(28-3)8-9-17(15)29-4/h5-11,13H,12H2,1-4H3,(H,22,27)(H,23,26). The first-order valence-corrected chi connectivity index (χ1v) is 9.23. The summed E-state index contributed by atoms with van der Waals surface area (Å²) in [6, 6.07) is 10.4. The van der Waals surface area contributed by atoms with Gasteiger partial charge in [-0.2, -0.15) is 0 Å². The third kappa shape index (κ3) is 4.31. The van der Waals surface area contributed by atoms with Crippen LogP contribution in [0.1, 0.15) is 35.0 Å². The lowest BCUT2D eigenvalue weighted by Crippen LogP contribution is -2.29. The zero-order valence-electron chi connectivity index (χ0n) is 16.9. The molecular weight excluding hydrogens is 372 g/mol. The van der Waals surface area contributed by atoms with E-state index in [1.807, 2.05) is 13.8 Å². The Morgan fingerprint density at radius 2 is 1.90 bits per heavy atom. The predicted molar refractivity (Wildman–Crippen MR) is 110 cm³/mol. The smallest absolute Gasteiger partial charge is 0.287 e. The summed E-state index contributed by atoms with van der Waals surface area (Å²) in [6.07, 6.45) is 1.70. The molecule has 152 valence electrons. The van der Waals surface area contributed by atoms with Crippen molar-refractivity contribution in [2.24, 2.45) is 5.92 Å². The summed E-state index contributed by atoms with van der Waals surface area (Å²) in [5, 5.41) is 5.63. The van der Waals surface area contributed by atoms with E-state index < -0.39 is 5.91 Å². The van der Waals surface area contributed by atoms with Crippen LogP contribution in [0.5, 0.6) is 11.5 Å². The van der Waals surface area contributed by atoms with Gasteiger partial charge in [0.25, 0.3) is 11.8 Å². The summed E-state index contributed by atoms with van der Waals surface area (Å²) in [7, 11) is 3.05. The van der Waals surface area contributed by atoms with Crippen LogP contribution in [0.4, 0.5) is 5.69 Å². The number of ether oxygens (including phenoxy) is 2. The molecule has 3 rings (SSSR count). The maximum Gasteiger partial charge on any atom is 0.287 e. The molecule has 8 nitrogen and oxygen atoms in total. The number of hydrogen-bond donors (Lipinski definition) is 2. The molecule has 8 heteroatoms. The van der Waals surface area contributed by atoms with E-state index in [9.17, 15) is 9.59 Å². The highest BCUT2D eigenvalue weighted by Gasteiger charge is 2.22. The summed E-state index contributed by atoms with van der Waals surface area (Å²) in [5.74, 6) is 0.723. The maximum absolute atomic E-state index is 13.0. The van der Waals surface area contributed by atoms with Crippen LogP contribution in [0.15, 0.2) is 42.6 Å². The number of amides is 2. The average Bonchev–Trinajstić information content (AvgIpc) is 3.12. The van der Waals surface area contributed by atoms with E-state index in [0.717, 1.165) is 0 Å². The van der Waals surface area contributed by atoms with Gasteiger partial charge in [0, 0.05) is 18.8 Å². The highest BCUT2D eigenvalue weighted by Crippen LogP contribution is 2.29. The number of nitrogens with one attached hydrogen (secondary N) is 2. The lowest BCUT2D eigenvalue weighted by Gasteiger charge is -2.11. The maximum atomic E-state index is 13.0. The molecule has 0 aliphatic carbocycles. The number of nitrogens with zero attached hydrogens (tertiary/aromatic N) is 2. The Morgan fingerprint density at radius 1 is 1.10 bits per heavy atom. The average molecular weight is 396 g/mol. The molecule has 0 fully saturated rings. The molecule has 0 saturated carbocycles. The molecule has 0 radical (unpaired) electrons. The van der Waals surface area contributed by atoms with Gasteiger partial charge in [-0.05, 0) is 30.2 Å². The summed E-state index contributed by atoms with van der Waals surface area (Å²) >= 11 is 0. The third-order valence-corrected chi connectivity index (χ3v) is 4.29. The van der Waals surface area contributed by atoms with Gasteiger partial charge in [0.1, 0.15) is 11.5 Å². The first-order valence-electron chi connectivity index (χ1n) is 9.23. The Bertz CT molecular complexity index is 1040. The van der Waals surface area contributed by atoms with E-state index in [1.165, 1.54) is 7.11 Å². The Kier molecular flexibility index (Phi) is 6.01. The number of aromatic nitrogens is 2. The third-order valence-electron chi connectivity index (χ3n) is 4.29. The molecule has 0 atom stereocenters. The minimum absolute atomic E-state index is 0.144. The quantitative estimate of drug-likeness (QED) is 0.640. The summed E-state index contributed by atoms with van der Waals surface area (Å²) in [4.78, 5) is 29.9. The van der Waals surface area contributed by atoms with Crippen molar-refractivity contribution in [1.82, 2.24) is 14.7 Å². The van der Waals surface area contributed by atoms with E-state index in [0.29, 0.717) is 35.2 Å². The fraction of sp³-hybridized carbons (Fsp3) is 0.286. The number of benzene rings is 1. The van der Waals surface area contributed by atoms with Crippen LogP contribution in [0.3, 0.4) is 0 Å². The summed E-state index contributed by atoms with van der Waals surface area (Å²) in [6.45, 7) is 4.53. The number of imidazole rings is 1. The number of rotatable bonds is 7. The molecule has 3 aromatic rings. The van der Waals surface area contributed by atoms with E-state index >= 15 is 0 Å². The van der Waals surface area contributed by atoms with Crippen LogP contribution >= 0.6 is 0 Å². The molecule has 2 N–H and O–H groups in total. The summed E-state index contributed by atoms with van der Waals surface area (Å²) < 4.78 is 12.1. The van der Waals surface area contributed by atoms with E-state index in [2.05, 4.69) is 15.6 Å². The zero-order valence-corrected chi connectivity index (χ0v) is 16.9. The molecular formula is C21H24N4O4. The van der Waals surface area contributed by atoms with Gasteiger partial charge < -0.3 is 20.1 Å². The lowest BCUT2D eigenvalue weighted by molar-refractivity contribution is 0.0938. The molecule has 29 heavy (non-hydrogen) atoms. The highest BCUT2D eigenvalue weighted by atomic mass is 16.5. The molecule has 1 aromatic carbocycles. The molecule has 2 amide bonds. The molecule has 2 heterocycles. The fourth-order valence-corrected chi connectivity index (χ4v) is 2.83.